The third-order valence-electron chi connectivity index (χ3n) is 3.48. The molecule has 2 rings (SSSR count). The van der Waals surface area contributed by atoms with Gasteiger partial charge in [-0.15, -0.1) is 0 Å². The van der Waals surface area contributed by atoms with Crippen LogP contribution in [-0.2, 0) is 20.7 Å². The summed E-state index contributed by atoms with van der Waals surface area (Å²) in [5.41, 5.74) is 2.54. The summed E-state index contributed by atoms with van der Waals surface area (Å²) in [5, 5.41) is 2.72. The van der Waals surface area contributed by atoms with Crippen molar-refractivity contribution in [2.75, 3.05) is 12.4 Å². The van der Waals surface area contributed by atoms with Crippen molar-refractivity contribution < 1.29 is 19.1 Å². The van der Waals surface area contributed by atoms with Crippen LogP contribution in [0.15, 0.2) is 48.5 Å². The molecule has 0 radical (unpaired) electrons. The van der Waals surface area contributed by atoms with E-state index < -0.39 is 12.1 Å². The second kappa shape index (κ2) is 8.15. The summed E-state index contributed by atoms with van der Waals surface area (Å²) >= 11 is 0. The number of carbonyl (C=O) groups excluding carboxylic acids is 2. The van der Waals surface area contributed by atoms with Crippen molar-refractivity contribution in [3.8, 4) is 5.75 Å². The summed E-state index contributed by atoms with van der Waals surface area (Å²) in [7, 11) is 1.56. The SMILES string of the molecule is COc1cccc(CC(=O)O[C@H](C)C(=O)Nc2ccc(C)cc2)c1. The first-order chi connectivity index (χ1) is 11.5. The molecule has 0 saturated carbocycles. The lowest BCUT2D eigenvalue weighted by Crippen LogP contribution is -2.30. The molecule has 0 heterocycles. The fourth-order valence-corrected chi connectivity index (χ4v) is 2.12. The average molecular weight is 327 g/mol. The third kappa shape index (κ3) is 5.12. The molecule has 0 aromatic heterocycles. The Labute approximate surface area is 141 Å². The van der Waals surface area contributed by atoms with Crippen LogP contribution in [0.25, 0.3) is 0 Å². The summed E-state index contributed by atoms with van der Waals surface area (Å²) in [6.07, 6.45) is -0.788. The highest BCUT2D eigenvalue weighted by atomic mass is 16.5. The highest BCUT2D eigenvalue weighted by Gasteiger charge is 2.18. The van der Waals surface area contributed by atoms with Crippen molar-refractivity contribution in [3.63, 3.8) is 0 Å². The summed E-state index contributed by atoms with van der Waals surface area (Å²) in [6.45, 7) is 3.52. The average Bonchev–Trinajstić information content (AvgIpc) is 2.56. The Morgan fingerprint density at radius 2 is 1.83 bits per heavy atom. The maximum Gasteiger partial charge on any atom is 0.311 e. The van der Waals surface area contributed by atoms with Gasteiger partial charge in [0, 0.05) is 5.69 Å². The van der Waals surface area contributed by atoms with Gasteiger partial charge in [0.25, 0.3) is 5.91 Å². The number of anilines is 1. The van der Waals surface area contributed by atoms with Crippen LogP contribution in [0.3, 0.4) is 0 Å². The van der Waals surface area contributed by atoms with E-state index in [1.807, 2.05) is 19.1 Å². The van der Waals surface area contributed by atoms with Gasteiger partial charge in [-0.2, -0.15) is 0 Å². The highest BCUT2D eigenvalue weighted by molar-refractivity contribution is 5.95. The zero-order valence-electron chi connectivity index (χ0n) is 14.0. The van der Waals surface area contributed by atoms with Gasteiger partial charge in [0.1, 0.15) is 5.75 Å². The number of ether oxygens (including phenoxy) is 2. The first-order valence-corrected chi connectivity index (χ1v) is 7.68. The molecule has 0 bridgehead atoms. The van der Waals surface area contributed by atoms with Gasteiger partial charge in [0.15, 0.2) is 6.10 Å². The van der Waals surface area contributed by atoms with E-state index in [9.17, 15) is 9.59 Å². The Kier molecular flexibility index (Phi) is 5.95. The summed E-state index contributed by atoms with van der Waals surface area (Å²) < 4.78 is 10.3. The van der Waals surface area contributed by atoms with E-state index in [0.717, 1.165) is 11.1 Å². The number of esters is 1. The molecule has 0 saturated heterocycles. The number of amides is 1. The Hall–Kier alpha value is -2.82. The van der Waals surface area contributed by atoms with Gasteiger partial charge in [-0.25, -0.2) is 0 Å². The highest BCUT2D eigenvalue weighted by Crippen LogP contribution is 2.14. The van der Waals surface area contributed by atoms with E-state index >= 15 is 0 Å². The minimum Gasteiger partial charge on any atom is -0.497 e. The van der Waals surface area contributed by atoms with Gasteiger partial charge in [0.2, 0.25) is 0 Å². The molecule has 0 fully saturated rings. The molecule has 5 nitrogen and oxygen atoms in total. The first-order valence-electron chi connectivity index (χ1n) is 7.68. The van der Waals surface area contributed by atoms with E-state index in [1.165, 1.54) is 0 Å². The summed E-state index contributed by atoms with van der Waals surface area (Å²) in [6, 6.07) is 14.6. The van der Waals surface area contributed by atoms with Gasteiger partial charge in [0.05, 0.1) is 13.5 Å². The van der Waals surface area contributed by atoms with Crippen molar-refractivity contribution in [1.82, 2.24) is 0 Å². The minimum absolute atomic E-state index is 0.0827. The maximum atomic E-state index is 12.1. The predicted molar refractivity (Wildman–Crippen MR) is 92.1 cm³/mol. The number of rotatable bonds is 6. The van der Waals surface area contributed by atoms with Gasteiger partial charge < -0.3 is 14.8 Å². The molecule has 24 heavy (non-hydrogen) atoms. The Bertz CT molecular complexity index is 710. The largest absolute Gasteiger partial charge is 0.497 e. The number of aryl methyl sites for hydroxylation is 1. The number of benzene rings is 2. The van der Waals surface area contributed by atoms with Crippen molar-refractivity contribution in [2.24, 2.45) is 0 Å². The van der Waals surface area contributed by atoms with Gasteiger partial charge in [-0.3, -0.25) is 9.59 Å². The van der Waals surface area contributed by atoms with Gasteiger partial charge in [-0.1, -0.05) is 29.8 Å². The van der Waals surface area contributed by atoms with Crippen LogP contribution in [0.2, 0.25) is 0 Å². The predicted octanol–water partition coefficient (Wildman–Crippen LogP) is 3.12. The van der Waals surface area contributed by atoms with E-state index in [1.54, 1.807) is 50.4 Å². The molecular formula is C19H21NO4. The molecule has 1 N–H and O–H groups in total. The lowest BCUT2D eigenvalue weighted by atomic mass is 10.1. The molecule has 2 aromatic carbocycles. The van der Waals surface area contributed by atoms with Crippen LogP contribution >= 0.6 is 0 Å². The number of hydrogen-bond donors (Lipinski definition) is 1. The van der Waals surface area contributed by atoms with Crippen LogP contribution in [0.5, 0.6) is 5.75 Å². The lowest BCUT2D eigenvalue weighted by molar-refractivity contribution is -0.152. The number of hydrogen-bond acceptors (Lipinski definition) is 4. The molecule has 1 atom stereocenters. The van der Waals surface area contributed by atoms with Gasteiger partial charge in [-0.05, 0) is 43.7 Å². The third-order valence-corrected chi connectivity index (χ3v) is 3.48. The monoisotopic (exact) mass is 327 g/mol. The Morgan fingerprint density at radius 1 is 1.12 bits per heavy atom. The zero-order chi connectivity index (χ0) is 17.5. The molecule has 0 spiro atoms. The van der Waals surface area contributed by atoms with Crippen molar-refractivity contribution >= 4 is 17.6 Å². The normalized spacial score (nSPS) is 11.5. The Morgan fingerprint density at radius 3 is 2.50 bits per heavy atom. The molecule has 0 aliphatic rings. The van der Waals surface area contributed by atoms with Crippen LogP contribution in [0, 0.1) is 6.92 Å². The van der Waals surface area contributed by atoms with Gasteiger partial charge >= 0.3 is 5.97 Å². The number of methoxy groups -OCH3 is 1. The van der Waals surface area contributed by atoms with Crippen LogP contribution in [-0.4, -0.2) is 25.1 Å². The molecule has 2 aromatic rings. The van der Waals surface area contributed by atoms with E-state index in [0.29, 0.717) is 11.4 Å². The number of carbonyl (C=O) groups is 2. The molecule has 126 valence electrons. The maximum absolute atomic E-state index is 12.1. The molecule has 0 unspecified atom stereocenters. The quantitative estimate of drug-likeness (QED) is 0.828. The van der Waals surface area contributed by atoms with Crippen molar-refractivity contribution in [3.05, 3.63) is 59.7 Å². The molecule has 0 aliphatic carbocycles. The minimum atomic E-state index is -0.871. The fraction of sp³-hybridized carbons (Fsp3) is 0.263. The second-order valence-electron chi connectivity index (χ2n) is 5.52. The van der Waals surface area contributed by atoms with E-state index in [4.69, 9.17) is 9.47 Å². The van der Waals surface area contributed by atoms with Crippen LogP contribution in [0.1, 0.15) is 18.1 Å². The molecule has 5 heteroatoms. The van der Waals surface area contributed by atoms with Crippen molar-refractivity contribution in [2.45, 2.75) is 26.4 Å². The zero-order valence-corrected chi connectivity index (χ0v) is 14.0. The van der Waals surface area contributed by atoms with E-state index in [2.05, 4.69) is 5.32 Å². The lowest BCUT2D eigenvalue weighted by Gasteiger charge is -2.14. The summed E-state index contributed by atoms with van der Waals surface area (Å²) in [5.74, 6) is -0.155. The summed E-state index contributed by atoms with van der Waals surface area (Å²) in [4.78, 5) is 24.1. The molecular weight excluding hydrogens is 306 g/mol. The van der Waals surface area contributed by atoms with E-state index in [-0.39, 0.29) is 12.3 Å². The molecule has 0 aliphatic heterocycles. The standard InChI is InChI=1S/C19H21NO4/c1-13-7-9-16(10-8-13)20-19(22)14(2)24-18(21)12-15-5-4-6-17(11-15)23-3/h4-11,14H,12H2,1-3H3,(H,20,22)/t14-/m1/s1. The first kappa shape index (κ1) is 17.5. The Balaban J connectivity index is 1.88. The van der Waals surface area contributed by atoms with Crippen LogP contribution in [0.4, 0.5) is 5.69 Å². The second-order valence-corrected chi connectivity index (χ2v) is 5.52. The molecule has 1 amide bonds. The fourth-order valence-electron chi connectivity index (χ4n) is 2.12. The smallest absolute Gasteiger partial charge is 0.311 e. The van der Waals surface area contributed by atoms with Crippen molar-refractivity contribution in [1.29, 1.82) is 0 Å². The van der Waals surface area contributed by atoms with Crippen LogP contribution < -0.4 is 10.1 Å². The number of nitrogens with one attached hydrogen (secondary N) is 1. The topological polar surface area (TPSA) is 64.6 Å².